The summed E-state index contributed by atoms with van der Waals surface area (Å²) in [6, 6.07) is 0. The topological polar surface area (TPSA) is 29.5 Å². The van der Waals surface area contributed by atoms with E-state index in [9.17, 15) is 4.79 Å². The van der Waals surface area contributed by atoms with Crippen LogP contribution in [-0.4, -0.2) is 29.7 Å². The summed E-state index contributed by atoms with van der Waals surface area (Å²) in [5, 5.41) is 0. The molecule has 1 fully saturated rings. The van der Waals surface area contributed by atoms with Crippen LogP contribution in [0.3, 0.4) is 0 Å². The van der Waals surface area contributed by atoms with Crippen molar-refractivity contribution in [2.75, 3.05) is 13.1 Å². The molecule has 0 heterocycles. The minimum absolute atomic E-state index is 0.142. The lowest BCUT2D eigenvalue weighted by molar-refractivity contribution is 0.0212. The van der Waals surface area contributed by atoms with Gasteiger partial charge < -0.3 is 9.64 Å². The van der Waals surface area contributed by atoms with Gasteiger partial charge in [0, 0.05) is 13.1 Å². The van der Waals surface area contributed by atoms with Crippen LogP contribution in [0.1, 0.15) is 73.1 Å². The molecule has 1 aliphatic carbocycles. The van der Waals surface area contributed by atoms with Crippen LogP contribution in [0.25, 0.3) is 0 Å². The Morgan fingerprint density at radius 2 is 1.84 bits per heavy atom. The molecule has 0 aromatic carbocycles. The Morgan fingerprint density at radius 3 is 2.32 bits per heavy atom. The van der Waals surface area contributed by atoms with Crippen LogP contribution in [0.4, 0.5) is 4.79 Å². The first-order valence-electron chi connectivity index (χ1n) is 7.74. The predicted molar refractivity (Wildman–Crippen MR) is 79.3 cm³/mol. The first-order chi connectivity index (χ1) is 8.76. The van der Waals surface area contributed by atoms with Gasteiger partial charge in [0.2, 0.25) is 0 Å². The standard InChI is InChI=1S/C16H31NO2/c1-6-7-8-9-12-17(13-16(5)10-11-16)14(18)19-15(2,3)4/h6-13H2,1-5H3. The minimum Gasteiger partial charge on any atom is -0.444 e. The quantitative estimate of drug-likeness (QED) is 0.632. The Labute approximate surface area is 118 Å². The molecular formula is C16H31NO2. The summed E-state index contributed by atoms with van der Waals surface area (Å²) in [6.07, 6.45) is 7.10. The number of unbranched alkanes of at least 4 members (excludes halogenated alkanes) is 3. The summed E-state index contributed by atoms with van der Waals surface area (Å²) < 4.78 is 5.52. The highest BCUT2D eigenvalue weighted by atomic mass is 16.6. The minimum atomic E-state index is -0.400. The molecule has 3 nitrogen and oxygen atoms in total. The Balaban J connectivity index is 2.45. The lowest BCUT2D eigenvalue weighted by Crippen LogP contribution is -2.40. The van der Waals surface area contributed by atoms with Crippen molar-refractivity contribution in [3.8, 4) is 0 Å². The molecule has 0 saturated heterocycles. The maximum absolute atomic E-state index is 12.2. The van der Waals surface area contributed by atoms with E-state index in [-0.39, 0.29) is 6.09 Å². The van der Waals surface area contributed by atoms with Crippen LogP contribution in [0, 0.1) is 5.41 Å². The Kier molecular flexibility index (Phi) is 5.69. The zero-order valence-corrected chi connectivity index (χ0v) is 13.4. The smallest absolute Gasteiger partial charge is 0.410 e. The van der Waals surface area contributed by atoms with E-state index < -0.39 is 5.60 Å². The van der Waals surface area contributed by atoms with Gasteiger partial charge in [-0.3, -0.25) is 0 Å². The third kappa shape index (κ3) is 6.84. The number of hydrogen-bond donors (Lipinski definition) is 0. The Morgan fingerprint density at radius 1 is 1.21 bits per heavy atom. The molecule has 0 N–H and O–H groups in total. The summed E-state index contributed by atoms with van der Waals surface area (Å²) in [7, 11) is 0. The molecule has 0 bridgehead atoms. The summed E-state index contributed by atoms with van der Waals surface area (Å²) in [6.45, 7) is 11.9. The van der Waals surface area contributed by atoms with Gasteiger partial charge in [-0.2, -0.15) is 0 Å². The first-order valence-corrected chi connectivity index (χ1v) is 7.74. The second-order valence-corrected chi connectivity index (χ2v) is 7.27. The number of ether oxygens (including phenoxy) is 1. The second kappa shape index (κ2) is 6.62. The van der Waals surface area contributed by atoms with Crippen molar-refractivity contribution in [1.29, 1.82) is 0 Å². The molecule has 0 radical (unpaired) electrons. The van der Waals surface area contributed by atoms with Gasteiger partial charge in [0.1, 0.15) is 5.60 Å². The van der Waals surface area contributed by atoms with Gasteiger partial charge in [-0.1, -0.05) is 33.1 Å². The Bertz CT molecular complexity index is 290. The van der Waals surface area contributed by atoms with E-state index >= 15 is 0 Å². The largest absolute Gasteiger partial charge is 0.444 e. The van der Waals surface area contributed by atoms with Gasteiger partial charge in [0.05, 0.1) is 0 Å². The fourth-order valence-electron chi connectivity index (χ4n) is 2.12. The van der Waals surface area contributed by atoms with Crippen LogP contribution < -0.4 is 0 Å². The van der Waals surface area contributed by atoms with Crippen LogP contribution >= 0.6 is 0 Å². The SMILES string of the molecule is CCCCCCN(CC1(C)CC1)C(=O)OC(C)(C)C. The monoisotopic (exact) mass is 269 g/mol. The number of amides is 1. The molecule has 0 aromatic rings. The lowest BCUT2D eigenvalue weighted by atomic mass is 10.1. The van der Waals surface area contributed by atoms with Gasteiger partial charge in [-0.25, -0.2) is 4.79 Å². The van der Waals surface area contributed by atoms with Crippen LogP contribution in [0.15, 0.2) is 0 Å². The van der Waals surface area contributed by atoms with Crippen molar-refractivity contribution in [3.05, 3.63) is 0 Å². The summed E-state index contributed by atoms with van der Waals surface area (Å²) in [4.78, 5) is 14.2. The van der Waals surface area contributed by atoms with E-state index in [0.29, 0.717) is 5.41 Å². The molecular weight excluding hydrogens is 238 g/mol. The van der Waals surface area contributed by atoms with E-state index in [1.807, 2.05) is 25.7 Å². The molecule has 1 saturated carbocycles. The average molecular weight is 269 g/mol. The number of hydrogen-bond acceptors (Lipinski definition) is 2. The van der Waals surface area contributed by atoms with Crippen LogP contribution in [0.5, 0.6) is 0 Å². The average Bonchev–Trinajstić information content (AvgIpc) is 2.99. The van der Waals surface area contributed by atoms with Crippen molar-refractivity contribution in [2.45, 2.75) is 78.7 Å². The van der Waals surface area contributed by atoms with Gasteiger partial charge in [0.25, 0.3) is 0 Å². The molecule has 1 amide bonds. The van der Waals surface area contributed by atoms with Crippen molar-refractivity contribution in [3.63, 3.8) is 0 Å². The van der Waals surface area contributed by atoms with Gasteiger partial charge in [-0.05, 0) is 45.4 Å². The number of nitrogens with zero attached hydrogens (tertiary/aromatic N) is 1. The van der Waals surface area contributed by atoms with Crippen LogP contribution in [-0.2, 0) is 4.74 Å². The molecule has 1 rings (SSSR count). The molecule has 0 spiro atoms. The van der Waals surface area contributed by atoms with Crippen molar-refractivity contribution < 1.29 is 9.53 Å². The highest BCUT2D eigenvalue weighted by Crippen LogP contribution is 2.45. The van der Waals surface area contributed by atoms with E-state index in [1.54, 1.807) is 0 Å². The number of carbonyl (C=O) groups excluding carboxylic acids is 1. The number of rotatable bonds is 7. The van der Waals surface area contributed by atoms with Gasteiger partial charge in [0.15, 0.2) is 0 Å². The molecule has 0 aliphatic heterocycles. The first kappa shape index (κ1) is 16.3. The Hall–Kier alpha value is -0.730. The fourth-order valence-corrected chi connectivity index (χ4v) is 2.12. The third-order valence-electron chi connectivity index (χ3n) is 3.61. The summed E-state index contributed by atoms with van der Waals surface area (Å²) in [5.41, 5.74) is -0.0507. The van der Waals surface area contributed by atoms with E-state index in [1.165, 1.54) is 32.1 Å². The normalized spacial score (nSPS) is 17.1. The zero-order chi connectivity index (χ0) is 14.5. The second-order valence-electron chi connectivity index (χ2n) is 7.27. The van der Waals surface area contributed by atoms with Gasteiger partial charge >= 0.3 is 6.09 Å². The summed E-state index contributed by atoms with van der Waals surface area (Å²) in [5.74, 6) is 0. The van der Waals surface area contributed by atoms with Gasteiger partial charge in [-0.15, -0.1) is 0 Å². The molecule has 0 atom stereocenters. The molecule has 19 heavy (non-hydrogen) atoms. The fraction of sp³-hybridized carbons (Fsp3) is 0.938. The molecule has 112 valence electrons. The lowest BCUT2D eigenvalue weighted by Gasteiger charge is -2.29. The van der Waals surface area contributed by atoms with E-state index in [4.69, 9.17) is 4.74 Å². The van der Waals surface area contributed by atoms with Crippen molar-refractivity contribution in [2.24, 2.45) is 5.41 Å². The zero-order valence-electron chi connectivity index (χ0n) is 13.4. The highest BCUT2D eigenvalue weighted by molar-refractivity contribution is 5.68. The van der Waals surface area contributed by atoms with Crippen molar-refractivity contribution in [1.82, 2.24) is 4.90 Å². The van der Waals surface area contributed by atoms with Crippen LogP contribution in [0.2, 0.25) is 0 Å². The molecule has 0 aromatic heterocycles. The maximum Gasteiger partial charge on any atom is 0.410 e. The van der Waals surface area contributed by atoms with E-state index in [0.717, 1.165) is 19.5 Å². The maximum atomic E-state index is 12.2. The number of carbonyl (C=O) groups is 1. The predicted octanol–water partition coefficient (Wildman–Crippen LogP) is 4.60. The highest BCUT2D eigenvalue weighted by Gasteiger charge is 2.40. The molecule has 1 aliphatic rings. The molecule has 0 unspecified atom stereocenters. The molecule has 3 heteroatoms. The van der Waals surface area contributed by atoms with E-state index in [2.05, 4.69) is 13.8 Å². The third-order valence-corrected chi connectivity index (χ3v) is 3.61. The summed E-state index contributed by atoms with van der Waals surface area (Å²) >= 11 is 0. The van der Waals surface area contributed by atoms with Crippen molar-refractivity contribution >= 4 is 6.09 Å².